The average molecular weight is 284 g/mol. The number of anilines is 1. The second-order valence-corrected chi connectivity index (χ2v) is 4.63. The van der Waals surface area contributed by atoms with Crippen molar-refractivity contribution < 1.29 is 4.79 Å². The van der Waals surface area contributed by atoms with Gasteiger partial charge in [-0.2, -0.15) is 0 Å². The van der Waals surface area contributed by atoms with Crippen LogP contribution in [0.4, 0.5) is 5.69 Å². The largest absolute Gasteiger partial charge is 0.398 e. The van der Waals surface area contributed by atoms with Crippen molar-refractivity contribution in [2.45, 2.75) is 0 Å². The minimum Gasteiger partial charge on any atom is -0.398 e. The van der Waals surface area contributed by atoms with E-state index in [1.54, 1.807) is 18.2 Å². The molecule has 1 aliphatic rings. The van der Waals surface area contributed by atoms with Crippen LogP contribution in [0.1, 0.15) is 10.4 Å². The average Bonchev–Trinajstić information content (AvgIpc) is 2.33. The van der Waals surface area contributed by atoms with Crippen molar-refractivity contribution in [1.29, 1.82) is 0 Å². The minimum absolute atomic E-state index is 0.0715. The van der Waals surface area contributed by atoms with Gasteiger partial charge in [-0.05, 0) is 34.1 Å². The van der Waals surface area contributed by atoms with E-state index in [2.05, 4.69) is 21.2 Å². The van der Waals surface area contributed by atoms with E-state index in [9.17, 15) is 4.79 Å². The van der Waals surface area contributed by atoms with Crippen molar-refractivity contribution in [2.75, 3.05) is 31.9 Å². The van der Waals surface area contributed by atoms with Crippen LogP contribution in [-0.4, -0.2) is 37.0 Å². The Bertz CT molecular complexity index is 402. The van der Waals surface area contributed by atoms with Crippen LogP contribution in [-0.2, 0) is 0 Å². The molecule has 1 aliphatic heterocycles. The molecule has 0 bridgehead atoms. The first-order valence-electron chi connectivity index (χ1n) is 5.23. The van der Waals surface area contributed by atoms with Gasteiger partial charge in [-0.25, -0.2) is 0 Å². The Kier molecular flexibility index (Phi) is 3.46. The summed E-state index contributed by atoms with van der Waals surface area (Å²) in [6.07, 6.45) is 0. The number of nitrogen functional groups attached to an aromatic ring is 1. The molecule has 86 valence electrons. The zero-order valence-corrected chi connectivity index (χ0v) is 10.5. The van der Waals surface area contributed by atoms with Gasteiger partial charge < -0.3 is 16.0 Å². The molecular formula is C11H14BrN3O. The minimum atomic E-state index is 0.0715. The summed E-state index contributed by atoms with van der Waals surface area (Å²) in [4.78, 5) is 14.0. The summed E-state index contributed by atoms with van der Waals surface area (Å²) in [5.74, 6) is 0.0715. The van der Waals surface area contributed by atoms with Crippen LogP contribution in [0.5, 0.6) is 0 Å². The molecule has 1 aromatic rings. The van der Waals surface area contributed by atoms with Crippen LogP contribution in [0.25, 0.3) is 0 Å². The number of nitrogens with two attached hydrogens (primary N) is 1. The van der Waals surface area contributed by atoms with Crippen LogP contribution in [0.3, 0.4) is 0 Å². The van der Waals surface area contributed by atoms with E-state index in [1.165, 1.54) is 0 Å². The van der Waals surface area contributed by atoms with Crippen LogP contribution < -0.4 is 11.1 Å². The molecule has 1 fully saturated rings. The Morgan fingerprint density at radius 1 is 1.38 bits per heavy atom. The molecule has 0 spiro atoms. The first kappa shape index (κ1) is 11.4. The van der Waals surface area contributed by atoms with Gasteiger partial charge in [0.2, 0.25) is 0 Å². The lowest BCUT2D eigenvalue weighted by molar-refractivity contribution is 0.0736. The van der Waals surface area contributed by atoms with Gasteiger partial charge in [0, 0.05) is 41.9 Å². The van der Waals surface area contributed by atoms with Crippen molar-refractivity contribution in [3.8, 4) is 0 Å². The summed E-state index contributed by atoms with van der Waals surface area (Å²) in [6, 6.07) is 5.30. The van der Waals surface area contributed by atoms with E-state index in [4.69, 9.17) is 5.73 Å². The number of amides is 1. The summed E-state index contributed by atoms with van der Waals surface area (Å²) < 4.78 is 0.772. The van der Waals surface area contributed by atoms with Crippen LogP contribution in [0.15, 0.2) is 22.7 Å². The maximum absolute atomic E-state index is 12.1. The van der Waals surface area contributed by atoms with Gasteiger partial charge >= 0.3 is 0 Å². The van der Waals surface area contributed by atoms with Crippen molar-refractivity contribution >= 4 is 27.5 Å². The number of nitrogens with one attached hydrogen (secondary N) is 1. The van der Waals surface area contributed by atoms with Crippen molar-refractivity contribution in [3.05, 3.63) is 28.2 Å². The molecule has 1 saturated heterocycles. The number of halogens is 1. The van der Waals surface area contributed by atoms with Crippen molar-refractivity contribution in [3.63, 3.8) is 0 Å². The monoisotopic (exact) mass is 283 g/mol. The number of carbonyl (C=O) groups excluding carboxylic acids is 1. The lowest BCUT2D eigenvalue weighted by atomic mass is 10.1. The summed E-state index contributed by atoms with van der Waals surface area (Å²) in [7, 11) is 0. The number of benzene rings is 1. The molecule has 3 N–H and O–H groups in total. The van der Waals surface area contributed by atoms with Crippen LogP contribution in [0, 0.1) is 0 Å². The van der Waals surface area contributed by atoms with Gasteiger partial charge in [-0.3, -0.25) is 4.79 Å². The molecule has 16 heavy (non-hydrogen) atoms. The van der Waals surface area contributed by atoms with E-state index in [-0.39, 0.29) is 5.91 Å². The molecule has 0 aromatic heterocycles. The Morgan fingerprint density at radius 3 is 2.69 bits per heavy atom. The molecule has 1 heterocycles. The van der Waals surface area contributed by atoms with Crippen LogP contribution in [0.2, 0.25) is 0 Å². The highest BCUT2D eigenvalue weighted by Crippen LogP contribution is 2.21. The van der Waals surface area contributed by atoms with Gasteiger partial charge in [0.05, 0.1) is 0 Å². The smallest absolute Gasteiger partial charge is 0.253 e. The predicted molar refractivity (Wildman–Crippen MR) is 67.3 cm³/mol. The van der Waals surface area contributed by atoms with E-state index in [1.807, 2.05) is 4.90 Å². The molecule has 2 rings (SSSR count). The van der Waals surface area contributed by atoms with Gasteiger partial charge in [0.1, 0.15) is 0 Å². The molecule has 1 aromatic carbocycles. The zero-order valence-electron chi connectivity index (χ0n) is 8.87. The van der Waals surface area contributed by atoms with E-state index < -0.39 is 0 Å². The lowest BCUT2D eigenvalue weighted by Gasteiger charge is -2.27. The fourth-order valence-electron chi connectivity index (χ4n) is 1.71. The normalized spacial score (nSPS) is 16.2. The van der Waals surface area contributed by atoms with Gasteiger partial charge in [0.25, 0.3) is 5.91 Å². The highest BCUT2D eigenvalue weighted by molar-refractivity contribution is 9.10. The maximum atomic E-state index is 12.1. The number of rotatable bonds is 1. The zero-order chi connectivity index (χ0) is 11.5. The molecule has 1 amide bonds. The number of carbonyl (C=O) groups is 1. The third kappa shape index (κ3) is 2.36. The quantitative estimate of drug-likeness (QED) is 0.759. The molecular weight excluding hydrogens is 270 g/mol. The number of piperazine rings is 1. The molecule has 4 nitrogen and oxygen atoms in total. The highest BCUT2D eigenvalue weighted by Gasteiger charge is 2.18. The summed E-state index contributed by atoms with van der Waals surface area (Å²) in [5, 5.41) is 3.22. The second kappa shape index (κ2) is 4.84. The third-order valence-electron chi connectivity index (χ3n) is 2.65. The molecule has 0 radical (unpaired) electrons. The van der Waals surface area contributed by atoms with Crippen molar-refractivity contribution in [1.82, 2.24) is 10.2 Å². The first-order chi connectivity index (χ1) is 7.68. The van der Waals surface area contributed by atoms with Gasteiger partial charge in [-0.1, -0.05) is 0 Å². The fourth-order valence-corrected chi connectivity index (χ4v) is 2.09. The standard InChI is InChI=1S/C11H14BrN3O/c12-9-7-8(1-2-10(9)13)11(16)15-5-3-14-4-6-15/h1-2,7,14H,3-6,13H2. The predicted octanol–water partition coefficient (Wildman–Crippen LogP) is 1.08. The first-order valence-corrected chi connectivity index (χ1v) is 6.03. The fraction of sp³-hybridized carbons (Fsp3) is 0.364. The highest BCUT2D eigenvalue weighted by atomic mass is 79.9. The molecule has 0 atom stereocenters. The third-order valence-corrected chi connectivity index (χ3v) is 3.34. The maximum Gasteiger partial charge on any atom is 0.253 e. The molecule has 5 heteroatoms. The van der Waals surface area contributed by atoms with E-state index >= 15 is 0 Å². The topological polar surface area (TPSA) is 58.4 Å². The molecule has 0 aliphatic carbocycles. The summed E-state index contributed by atoms with van der Waals surface area (Å²) >= 11 is 3.33. The van der Waals surface area contributed by atoms with Gasteiger partial charge in [0.15, 0.2) is 0 Å². The number of nitrogens with zero attached hydrogens (tertiary/aromatic N) is 1. The number of hydrogen-bond donors (Lipinski definition) is 2. The number of hydrogen-bond acceptors (Lipinski definition) is 3. The summed E-state index contributed by atoms with van der Waals surface area (Å²) in [5.41, 5.74) is 7.02. The van der Waals surface area contributed by atoms with Crippen molar-refractivity contribution in [2.24, 2.45) is 0 Å². The van der Waals surface area contributed by atoms with Gasteiger partial charge in [-0.15, -0.1) is 0 Å². The SMILES string of the molecule is Nc1ccc(C(=O)N2CCNCC2)cc1Br. The van der Waals surface area contributed by atoms with E-state index in [0.29, 0.717) is 11.3 Å². The Hall–Kier alpha value is -1.07. The van der Waals surface area contributed by atoms with E-state index in [0.717, 1.165) is 30.7 Å². The van der Waals surface area contributed by atoms with Crippen LogP contribution >= 0.6 is 15.9 Å². The molecule has 0 unspecified atom stereocenters. The Morgan fingerprint density at radius 2 is 2.06 bits per heavy atom. The lowest BCUT2D eigenvalue weighted by Crippen LogP contribution is -2.46. The summed E-state index contributed by atoms with van der Waals surface area (Å²) in [6.45, 7) is 3.26. The Labute approximate surface area is 103 Å². The second-order valence-electron chi connectivity index (χ2n) is 3.78. The Balaban J connectivity index is 2.16. The molecule has 0 saturated carbocycles.